The van der Waals surface area contributed by atoms with Gasteiger partial charge in [-0.05, 0) is 30.2 Å². The molecule has 0 saturated carbocycles. The quantitative estimate of drug-likeness (QED) is 0.816. The van der Waals surface area contributed by atoms with Crippen LogP contribution in [0.15, 0.2) is 54.6 Å². The Morgan fingerprint density at radius 2 is 1.75 bits per heavy atom. The summed E-state index contributed by atoms with van der Waals surface area (Å²) < 4.78 is 0. The molecule has 2 heteroatoms. The van der Waals surface area contributed by atoms with Gasteiger partial charge in [0.1, 0.15) is 0 Å². The Balaban J connectivity index is 2.18. The monoisotopic (exact) mass is 268 g/mol. The number of nitrogens with zero attached hydrogens (tertiary/aromatic N) is 1. The summed E-state index contributed by atoms with van der Waals surface area (Å²) in [6.45, 7) is 2.23. The molecule has 2 nitrogen and oxygen atoms in total. The highest BCUT2D eigenvalue weighted by atomic mass is 15.1. The lowest BCUT2D eigenvalue weighted by Gasteiger charge is -2.21. The van der Waals surface area contributed by atoms with Crippen molar-refractivity contribution < 1.29 is 0 Å². The standard InChI is InChI=1S/C18H24N2/c1-4-9-18(15-10-6-5-7-11-15)19-16-12-8-13-17(14-16)20(2)3/h5-8,10-14,18-19H,4,9H2,1-3H3. The summed E-state index contributed by atoms with van der Waals surface area (Å²) >= 11 is 0. The molecule has 0 amide bonds. The second-order valence-electron chi connectivity index (χ2n) is 5.34. The number of nitrogens with one attached hydrogen (secondary N) is 1. The van der Waals surface area contributed by atoms with E-state index in [-0.39, 0.29) is 0 Å². The van der Waals surface area contributed by atoms with E-state index >= 15 is 0 Å². The van der Waals surface area contributed by atoms with Gasteiger partial charge in [0.05, 0.1) is 6.04 Å². The molecule has 1 atom stereocenters. The average molecular weight is 268 g/mol. The minimum absolute atomic E-state index is 0.374. The predicted octanol–water partition coefficient (Wildman–Crippen LogP) is 4.71. The molecule has 106 valence electrons. The molecule has 1 unspecified atom stereocenters. The van der Waals surface area contributed by atoms with Crippen molar-refractivity contribution in [2.24, 2.45) is 0 Å². The van der Waals surface area contributed by atoms with Crippen LogP contribution in [0.2, 0.25) is 0 Å². The highest BCUT2D eigenvalue weighted by molar-refractivity contribution is 5.58. The lowest BCUT2D eigenvalue weighted by molar-refractivity contribution is 0.677. The molecule has 0 spiro atoms. The summed E-state index contributed by atoms with van der Waals surface area (Å²) in [5.74, 6) is 0. The average Bonchev–Trinajstić information content (AvgIpc) is 2.48. The van der Waals surface area contributed by atoms with Crippen molar-refractivity contribution in [3.63, 3.8) is 0 Å². The molecule has 0 aliphatic heterocycles. The highest BCUT2D eigenvalue weighted by Crippen LogP contribution is 2.26. The van der Waals surface area contributed by atoms with Gasteiger partial charge < -0.3 is 10.2 Å². The van der Waals surface area contributed by atoms with E-state index in [0.29, 0.717) is 6.04 Å². The van der Waals surface area contributed by atoms with Crippen LogP contribution in [0.3, 0.4) is 0 Å². The third-order valence-electron chi connectivity index (χ3n) is 3.48. The van der Waals surface area contributed by atoms with Crippen LogP contribution in [-0.4, -0.2) is 14.1 Å². The van der Waals surface area contributed by atoms with Gasteiger partial charge in [0, 0.05) is 25.5 Å². The summed E-state index contributed by atoms with van der Waals surface area (Å²) in [5.41, 5.74) is 3.75. The smallest absolute Gasteiger partial charge is 0.0513 e. The van der Waals surface area contributed by atoms with E-state index in [1.54, 1.807) is 0 Å². The third-order valence-corrected chi connectivity index (χ3v) is 3.48. The first kappa shape index (κ1) is 14.4. The zero-order valence-corrected chi connectivity index (χ0v) is 12.6. The molecule has 1 N–H and O–H groups in total. The minimum Gasteiger partial charge on any atom is -0.378 e. The molecule has 0 radical (unpaired) electrons. The molecule has 0 fully saturated rings. The van der Waals surface area contributed by atoms with E-state index < -0.39 is 0 Å². The fourth-order valence-corrected chi connectivity index (χ4v) is 2.37. The van der Waals surface area contributed by atoms with Crippen molar-refractivity contribution >= 4 is 11.4 Å². The van der Waals surface area contributed by atoms with E-state index in [1.807, 2.05) is 0 Å². The molecule has 2 rings (SSSR count). The maximum atomic E-state index is 3.66. The van der Waals surface area contributed by atoms with Gasteiger partial charge in [-0.15, -0.1) is 0 Å². The summed E-state index contributed by atoms with van der Waals surface area (Å²) in [5, 5.41) is 3.66. The first-order valence-electron chi connectivity index (χ1n) is 7.29. The first-order valence-corrected chi connectivity index (χ1v) is 7.29. The van der Waals surface area contributed by atoms with E-state index in [9.17, 15) is 0 Å². The van der Waals surface area contributed by atoms with Crippen LogP contribution in [0.5, 0.6) is 0 Å². The Hall–Kier alpha value is -1.96. The molecule has 2 aromatic rings. The lowest BCUT2D eigenvalue weighted by Crippen LogP contribution is -2.12. The van der Waals surface area contributed by atoms with Crippen molar-refractivity contribution in [1.29, 1.82) is 0 Å². The molecule has 0 bridgehead atoms. The molecule has 0 aliphatic rings. The van der Waals surface area contributed by atoms with Crippen molar-refractivity contribution in [1.82, 2.24) is 0 Å². The van der Waals surface area contributed by atoms with Gasteiger partial charge in [-0.1, -0.05) is 49.7 Å². The minimum atomic E-state index is 0.374. The van der Waals surface area contributed by atoms with Crippen LogP contribution < -0.4 is 10.2 Å². The van der Waals surface area contributed by atoms with Gasteiger partial charge in [-0.25, -0.2) is 0 Å². The van der Waals surface area contributed by atoms with Crippen LogP contribution >= 0.6 is 0 Å². The SMILES string of the molecule is CCCC(Nc1cccc(N(C)C)c1)c1ccccc1. The second-order valence-corrected chi connectivity index (χ2v) is 5.34. The summed E-state index contributed by atoms with van der Waals surface area (Å²) in [6, 6.07) is 19.6. The highest BCUT2D eigenvalue weighted by Gasteiger charge is 2.10. The number of anilines is 2. The Bertz CT molecular complexity index is 520. The summed E-state index contributed by atoms with van der Waals surface area (Å²) in [6.07, 6.45) is 2.30. The Kier molecular flexibility index (Phi) is 5.05. The number of benzene rings is 2. The van der Waals surface area contributed by atoms with Crippen LogP contribution in [0.25, 0.3) is 0 Å². The topological polar surface area (TPSA) is 15.3 Å². The Labute approximate surface area is 122 Å². The fraction of sp³-hybridized carbons (Fsp3) is 0.333. The first-order chi connectivity index (χ1) is 9.70. The maximum absolute atomic E-state index is 3.66. The van der Waals surface area contributed by atoms with Gasteiger partial charge in [-0.2, -0.15) is 0 Å². The van der Waals surface area contributed by atoms with Crippen molar-refractivity contribution in [2.75, 3.05) is 24.3 Å². The van der Waals surface area contributed by atoms with E-state index in [2.05, 4.69) is 85.8 Å². The van der Waals surface area contributed by atoms with Crippen molar-refractivity contribution in [3.8, 4) is 0 Å². The Morgan fingerprint density at radius 1 is 1.00 bits per heavy atom. The van der Waals surface area contributed by atoms with Gasteiger partial charge in [0.15, 0.2) is 0 Å². The van der Waals surface area contributed by atoms with Gasteiger partial charge >= 0.3 is 0 Å². The molecule has 0 heterocycles. The Morgan fingerprint density at radius 3 is 2.40 bits per heavy atom. The predicted molar refractivity (Wildman–Crippen MR) is 88.5 cm³/mol. The summed E-state index contributed by atoms with van der Waals surface area (Å²) in [7, 11) is 4.14. The van der Waals surface area contributed by atoms with Crippen LogP contribution in [-0.2, 0) is 0 Å². The van der Waals surface area contributed by atoms with Crippen molar-refractivity contribution in [3.05, 3.63) is 60.2 Å². The van der Waals surface area contributed by atoms with Crippen LogP contribution in [0, 0.1) is 0 Å². The lowest BCUT2D eigenvalue weighted by atomic mass is 10.0. The van der Waals surface area contributed by atoms with Gasteiger partial charge in [0.25, 0.3) is 0 Å². The molecule has 20 heavy (non-hydrogen) atoms. The zero-order chi connectivity index (χ0) is 14.4. The molecule has 0 saturated heterocycles. The van der Waals surface area contributed by atoms with Gasteiger partial charge in [-0.3, -0.25) is 0 Å². The van der Waals surface area contributed by atoms with Crippen LogP contribution in [0.4, 0.5) is 11.4 Å². The largest absolute Gasteiger partial charge is 0.378 e. The number of rotatable bonds is 6. The van der Waals surface area contributed by atoms with Crippen molar-refractivity contribution in [2.45, 2.75) is 25.8 Å². The number of hydrogen-bond acceptors (Lipinski definition) is 2. The third kappa shape index (κ3) is 3.77. The maximum Gasteiger partial charge on any atom is 0.0513 e. The van der Waals surface area contributed by atoms with E-state index in [0.717, 1.165) is 6.42 Å². The molecular formula is C18H24N2. The molecule has 0 aliphatic carbocycles. The zero-order valence-electron chi connectivity index (χ0n) is 12.6. The van der Waals surface area contributed by atoms with Gasteiger partial charge in [0.2, 0.25) is 0 Å². The normalized spacial score (nSPS) is 11.9. The molecular weight excluding hydrogens is 244 g/mol. The summed E-state index contributed by atoms with van der Waals surface area (Å²) in [4.78, 5) is 2.13. The van der Waals surface area contributed by atoms with E-state index in [4.69, 9.17) is 0 Å². The van der Waals surface area contributed by atoms with E-state index in [1.165, 1.54) is 23.4 Å². The second kappa shape index (κ2) is 6.99. The molecule has 2 aromatic carbocycles. The van der Waals surface area contributed by atoms with Crippen LogP contribution in [0.1, 0.15) is 31.4 Å². The fourth-order valence-electron chi connectivity index (χ4n) is 2.37. The molecule has 0 aromatic heterocycles. The number of hydrogen-bond donors (Lipinski definition) is 1.